The first-order valence-corrected chi connectivity index (χ1v) is 6.99. The minimum Gasteiger partial charge on any atom is -0.396 e. The van der Waals surface area contributed by atoms with Crippen molar-refractivity contribution in [2.24, 2.45) is 5.41 Å². The summed E-state index contributed by atoms with van der Waals surface area (Å²) in [7, 11) is 3.70. The van der Waals surface area contributed by atoms with Gasteiger partial charge in [0.25, 0.3) is 5.91 Å². The molecule has 2 rings (SSSR count). The maximum absolute atomic E-state index is 12.2. The molecule has 0 radical (unpaired) electrons. The summed E-state index contributed by atoms with van der Waals surface area (Å²) in [5.74, 6) is 0.478. The lowest BCUT2D eigenvalue weighted by Crippen LogP contribution is -2.33. The smallest absolute Gasteiger partial charge is 0.255 e. The van der Waals surface area contributed by atoms with E-state index in [0.29, 0.717) is 17.9 Å². The molecule has 0 spiro atoms. The van der Waals surface area contributed by atoms with Crippen LogP contribution in [0.2, 0.25) is 0 Å². The van der Waals surface area contributed by atoms with Crippen LogP contribution >= 0.6 is 15.9 Å². The standard InChI is InChI=1S/C13H18BrN3O2/c1-17(2)11-10(5-9(14)6-15-11)12(19)16-7-13(8-18)3-4-13/h5-6,18H,3-4,7-8H2,1-2H3,(H,16,19). The number of nitrogens with zero attached hydrogens (tertiary/aromatic N) is 2. The Balaban J connectivity index is 2.11. The number of rotatable bonds is 5. The number of amides is 1. The predicted molar refractivity (Wildman–Crippen MR) is 77.4 cm³/mol. The van der Waals surface area contributed by atoms with E-state index in [9.17, 15) is 9.90 Å². The Morgan fingerprint density at radius 1 is 1.58 bits per heavy atom. The maximum Gasteiger partial charge on any atom is 0.255 e. The fourth-order valence-electron chi connectivity index (χ4n) is 1.89. The summed E-state index contributed by atoms with van der Waals surface area (Å²) in [5, 5.41) is 12.1. The molecule has 6 heteroatoms. The van der Waals surface area contributed by atoms with Crippen molar-refractivity contribution in [3.05, 3.63) is 22.3 Å². The topological polar surface area (TPSA) is 65.5 Å². The third-order valence-corrected chi connectivity index (χ3v) is 3.85. The van der Waals surface area contributed by atoms with Crippen LogP contribution < -0.4 is 10.2 Å². The van der Waals surface area contributed by atoms with Crippen LogP contribution in [-0.4, -0.2) is 43.2 Å². The van der Waals surface area contributed by atoms with E-state index in [0.717, 1.165) is 17.3 Å². The summed E-state index contributed by atoms with van der Waals surface area (Å²) >= 11 is 3.33. The second-order valence-electron chi connectivity index (χ2n) is 5.26. The Kier molecular flexibility index (Phi) is 4.10. The van der Waals surface area contributed by atoms with E-state index >= 15 is 0 Å². The number of pyridine rings is 1. The summed E-state index contributed by atoms with van der Waals surface area (Å²) in [6, 6.07) is 1.76. The number of hydrogen-bond donors (Lipinski definition) is 2. The number of hydrogen-bond acceptors (Lipinski definition) is 4. The molecule has 0 atom stereocenters. The summed E-state index contributed by atoms with van der Waals surface area (Å²) < 4.78 is 0.770. The van der Waals surface area contributed by atoms with Gasteiger partial charge < -0.3 is 15.3 Å². The van der Waals surface area contributed by atoms with Gasteiger partial charge in [0.05, 0.1) is 12.2 Å². The number of aliphatic hydroxyl groups excluding tert-OH is 1. The molecular weight excluding hydrogens is 310 g/mol. The number of carbonyl (C=O) groups excluding carboxylic acids is 1. The van der Waals surface area contributed by atoms with Crippen LogP contribution in [-0.2, 0) is 0 Å². The minimum atomic E-state index is -0.155. The van der Waals surface area contributed by atoms with Gasteiger partial charge in [-0.3, -0.25) is 4.79 Å². The Morgan fingerprint density at radius 3 is 2.79 bits per heavy atom. The van der Waals surface area contributed by atoms with Crippen molar-refractivity contribution >= 4 is 27.7 Å². The molecular formula is C13H18BrN3O2. The lowest BCUT2D eigenvalue weighted by molar-refractivity contribution is 0.0935. The summed E-state index contributed by atoms with van der Waals surface area (Å²) in [5.41, 5.74) is 0.445. The monoisotopic (exact) mass is 327 g/mol. The normalized spacial score (nSPS) is 16.0. The molecule has 2 N–H and O–H groups in total. The second-order valence-corrected chi connectivity index (χ2v) is 6.18. The Bertz CT molecular complexity index is 487. The first-order valence-electron chi connectivity index (χ1n) is 6.19. The van der Waals surface area contributed by atoms with Crippen molar-refractivity contribution in [3.8, 4) is 0 Å². The van der Waals surface area contributed by atoms with Gasteiger partial charge in [-0.25, -0.2) is 4.98 Å². The van der Waals surface area contributed by atoms with Gasteiger partial charge >= 0.3 is 0 Å². The van der Waals surface area contributed by atoms with Gasteiger partial charge in [0.1, 0.15) is 5.82 Å². The SMILES string of the molecule is CN(C)c1ncc(Br)cc1C(=O)NCC1(CO)CC1. The highest BCUT2D eigenvalue weighted by Crippen LogP contribution is 2.44. The van der Waals surface area contributed by atoms with Crippen LogP contribution in [0.25, 0.3) is 0 Å². The van der Waals surface area contributed by atoms with E-state index in [1.165, 1.54) is 0 Å². The quantitative estimate of drug-likeness (QED) is 0.858. The van der Waals surface area contributed by atoms with Crippen LogP contribution in [0.4, 0.5) is 5.82 Å². The largest absolute Gasteiger partial charge is 0.396 e. The van der Waals surface area contributed by atoms with Gasteiger partial charge in [0, 0.05) is 36.7 Å². The summed E-state index contributed by atoms with van der Waals surface area (Å²) in [4.78, 5) is 18.3. The third kappa shape index (κ3) is 3.25. The molecule has 0 saturated heterocycles. The molecule has 0 aliphatic heterocycles. The van der Waals surface area contributed by atoms with Crippen molar-refractivity contribution in [1.82, 2.24) is 10.3 Å². The zero-order valence-electron chi connectivity index (χ0n) is 11.1. The van der Waals surface area contributed by atoms with Crippen molar-refractivity contribution in [3.63, 3.8) is 0 Å². The molecule has 19 heavy (non-hydrogen) atoms. The average molecular weight is 328 g/mol. The van der Waals surface area contributed by atoms with Crippen molar-refractivity contribution in [2.45, 2.75) is 12.8 Å². The molecule has 1 heterocycles. The van der Waals surface area contributed by atoms with Gasteiger partial charge in [-0.1, -0.05) is 0 Å². The molecule has 1 aromatic rings. The highest BCUT2D eigenvalue weighted by Gasteiger charge is 2.42. The van der Waals surface area contributed by atoms with Gasteiger partial charge in [-0.15, -0.1) is 0 Å². The first-order chi connectivity index (χ1) is 8.97. The Morgan fingerprint density at radius 2 is 2.26 bits per heavy atom. The molecule has 1 amide bonds. The number of anilines is 1. The molecule has 104 valence electrons. The van der Waals surface area contributed by atoms with Crippen molar-refractivity contribution < 1.29 is 9.90 Å². The number of halogens is 1. The highest BCUT2D eigenvalue weighted by molar-refractivity contribution is 9.10. The van der Waals surface area contributed by atoms with E-state index < -0.39 is 0 Å². The average Bonchev–Trinajstić information content (AvgIpc) is 3.16. The number of aliphatic hydroxyl groups is 1. The molecule has 1 aliphatic carbocycles. The molecule has 1 fully saturated rings. The summed E-state index contributed by atoms with van der Waals surface area (Å²) in [6.07, 6.45) is 3.62. The van der Waals surface area contributed by atoms with Gasteiger partial charge in [-0.05, 0) is 34.8 Å². The van der Waals surface area contributed by atoms with Gasteiger partial charge in [0.2, 0.25) is 0 Å². The molecule has 0 unspecified atom stereocenters. The number of carbonyl (C=O) groups is 1. The predicted octanol–water partition coefficient (Wildman–Crippen LogP) is 1.41. The first kappa shape index (κ1) is 14.3. The van der Waals surface area contributed by atoms with E-state index in [1.807, 2.05) is 14.1 Å². The van der Waals surface area contributed by atoms with Crippen molar-refractivity contribution in [2.75, 3.05) is 32.1 Å². The van der Waals surface area contributed by atoms with Crippen LogP contribution in [0.1, 0.15) is 23.2 Å². The molecule has 1 aromatic heterocycles. The van der Waals surface area contributed by atoms with E-state index in [-0.39, 0.29) is 17.9 Å². The second kappa shape index (κ2) is 5.46. The zero-order chi connectivity index (χ0) is 14.0. The maximum atomic E-state index is 12.2. The Labute approximate surface area is 121 Å². The van der Waals surface area contributed by atoms with Gasteiger partial charge in [0.15, 0.2) is 0 Å². The van der Waals surface area contributed by atoms with Crippen molar-refractivity contribution in [1.29, 1.82) is 0 Å². The van der Waals surface area contributed by atoms with Crippen LogP contribution in [0.5, 0.6) is 0 Å². The molecule has 0 bridgehead atoms. The number of nitrogens with one attached hydrogen (secondary N) is 1. The lowest BCUT2D eigenvalue weighted by atomic mass is 10.1. The summed E-state index contributed by atoms with van der Waals surface area (Å²) in [6.45, 7) is 0.645. The zero-order valence-corrected chi connectivity index (χ0v) is 12.7. The number of aromatic nitrogens is 1. The fraction of sp³-hybridized carbons (Fsp3) is 0.538. The fourth-order valence-corrected chi connectivity index (χ4v) is 2.22. The van der Waals surface area contributed by atoms with Gasteiger partial charge in [-0.2, -0.15) is 0 Å². The van der Waals surface area contributed by atoms with E-state index in [1.54, 1.807) is 17.2 Å². The lowest BCUT2D eigenvalue weighted by Gasteiger charge is -2.17. The molecule has 1 saturated carbocycles. The van der Waals surface area contributed by atoms with E-state index in [2.05, 4.69) is 26.2 Å². The van der Waals surface area contributed by atoms with Crippen LogP contribution in [0, 0.1) is 5.41 Å². The third-order valence-electron chi connectivity index (χ3n) is 3.42. The molecule has 5 nitrogen and oxygen atoms in total. The molecule has 1 aliphatic rings. The minimum absolute atomic E-state index is 0.0899. The van der Waals surface area contributed by atoms with Crippen LogP contribution in [0.15, 0.2) is 16.7 Å². The van der Waals surface area contributed by atoms with E-state index in [4.69, 9.17) is 0 Å². The molecule has 0 aromatic carbocycles. The van der Waals surface area contributed by atoms with Crippen LogP contribution in [0.3, 0.4) is 0 Å². The highest BCUT2D eigenvalue weighted by atomic mass is 79.9. The Hall–Kier alpha value is -1.14.